The molecule has 20 heavy (non-hydrogen) atoms. The second kappa shape index (κ2) is 6.85. The number of benzene rings is 1. The van der Waals surface area contributed by atoms with Crippen molar-refractivity contribution >= 4 is 5.91 Å². The summed E-state index contributed by atoms with van der Waals surface area (Å²) in [6, 6.07) is 12.0. The highest BCUT2D eigenvalue weighted by Crippen LogP contribution is 2.09. The molecule has 1 aromatic heterocycles. The van der Waals surface area contributed by atoms with Gasteiger partial charge < -0.3 is 4.90 Å². The number of aryl methyl sites for hydroxylation is 1. The molecule has 104 valence electrons. The summed E-state index contributed by atoms with van der Waals surface area (Å²) in [4.78, 5) is 18.0. The summed E-state index contributed by atoms with van der Waals surface area (Å²) in [6.07, 6.45) is 4.90. The molecule has 3 nitrogen and oxygen atoms in total. The molecular formula is C17H20N2O. The van der Waals surface area contributed by atoms with E-state index in [1.807, 2.05) is 50.4 Å². The minimum absolute atomic E-state index is 0.161. The van der Waals surface area contributed by atoms with Gasteiger partial charge in [0.05, 0.1) is 6.42 Å². The average molecular weight is 268 g/mol. The van der Waals surface area contributed by atoms with Crippen LogP contribution >= 0.6 is 0 Å². The highest BCUT2D eigenvalue weighted by atomic mass is 16.2. The molecule has 2 aromatic rings. The first-order valence-corrected chi connectivity index (χ1v) is 6.84. The number of hydrogen-bond acceptors (Lipinski definition) is 2. The average Bonchev–Trinajstić information content (AvgIpc) is 2.48. The molecule has 0 saturated heterocycles. The number of pyridine rings is 1. The summed E-state index contributed by atoms with van der Waals surface area (Å²) >= 11 is 0. The van der Waals surface area contributed by atoms with Crippen molar-refractivity contribution in [3.63, 3.8) is 0 Å². The van der Waals surface area contributed by atoms with Gasteiger partial charge in [0.15, 0.2) is 0 Å². The maximum absolute atomic E-state index is 12.2. The molecule has 1 amide bonds. The van der Waals surface area contributed by atoms with Crippen LogP contribution in [0.5, 0.6) is 0 Å². The lowest BCUT2D eigenvalue weighted by Gasteiger charge is -2.17. The van der Waals surface area contributed by atoms with Gasteiger partial charge in [0.25, 0.3) is 0 Å². The summed E-state index contributed by atoms with van der Waals surface area (Å²) in [5.74, 6) is 0.161. The molecule has 0 aliphatic carbocycles. The number of hydrogen-bond donors (Lipinski definition) is 0. The van der Waals surface area contributed by atoms with Crippen molar-refractivity contribution in [1.29, 1.82) is 0 Å². The van der Waals surface area contributed by atoms with Crippen molar-refractivity contribution < 1.29 is 4.79 Å². The predicted molar refractivity (Wildman–Crippen MR) is 80.5 cm³/mol. The first kappa shape index (κ1) is 14.3. The van der Waals surface area contributed by atoms with Gasteiger partial charge in [-0.1, -0.05) is 24.3 Å². The molecule has 2 rings (SSSR count). The fraction of sp³-hybridized carbons (Fsp3) is 0.294. The zero-order valence-electron chi connectivity index (χ0n) is 12.0. The smallest absolute Gasteiger partial charge is 0.226 e. The van der Waals surface area contributed by atoms with Crippen LogP contribution in [0.1, 0.15) is 16.7 Å². The van der Waals surface area contributed by atoms with Gasteiger partial charge in [-0.3, -0.25) is 9.78 Å². The normalized spacial score (nSPS) is 10.3. The van der Waals surface area contributed by atoms with E-state index in [4.69, 9.17) is 0 Å². The summed E-state index contributed by atoms with van der Waals surface area (Å²) in [5.41, 5.74) is 3.48. The summed E-state index contributed by atoms with van der Waals surface area (Å²) in [6.45, 7) is 2.77. The number of aromatic nitrogens is 1. The number of likely N-dealkylation sites (N-methyl/N-ethyl adjacent to an activating group) is 1. The van der Waals surface area contributed by atoms with Crippen molar-refractivity contribution in [3.8, 4) is 0 Å². The molecule has 0 saturated carbocycles. The van der Waals surface area contributed by atoms with Crippen molar-refractivity contribution in [2.24, 2.45) is 0 Å². The molecule has 0 spiro atoms. The quantitative estimate of drug-likeness (QED) is 0.835. The molecule has 0 fully saturated rings. The summed E-state index contributed by atoms with van der Waals surface area (Å²) in [7, 11) is 1.86. The molecule has 0 N–H and O–H groups in total. The van der Waals surface area contributed by atoms with Gasteiger partial charge in [-0.2, -0.15) is 0 Å². The minimum Gasteiger partial charge on any atom is -0.345 e. The van der Waals surface area contributed by atoms with E-state index in [0.717, 1.165) is 18.5 Å². The predicted octanol–water partition coefficient (Wildman–Crippen LogP) is 2.63. The topological polar surface area (TPSA) is 33.2 Å². The van der Waals surface area contributed by atoms with Gasteiger partial charge in [0.2, 0.25) is 5.91 Å². The Morgan fingerprint density at radius 3 is 2.55 bits per heavy atom. The van der Waals surface area contributed by atoms with E-state index in [2.05, 4.69) is 4.98 Å². The first-order valence-electron chi connectivity index (χ1n) is 6.84. The van der Waals surface area contributed by atoms with E-state index in [-0.39, 0.29) is 5.91 Å². The first-order chi connectivity index (χ1) is 9.66. The fourth-order valence-electron chi connectivity index (χ4n) is 2.08. The van der Waals surface area contributed by atoms with Crippen LogP contribution in [0, 0.1) is 6.92 Å². The summed E-state index contributed by atoms with van der Waals surface area (Å²) < 4.78 is 0. The Balaban J connectivity index is 1.88. The van der Waals surface area contributed by atoms with Crippen LogP contribution in [0.15, 0.2) is 48.8 Å². The largest absolute Gasteiger partial charge is 0.345 e. The number of amides is 1. The van der Waals surface area contributed by atoms with Crippen LogP contribution in [-0.2, 0) is 17.6 Å². The lowest BCUT2D eigenvalue weighted by atomic mass is 10.1. The van der Waals surface area contributed by atoms with Crippen molar-refractivity contribution in [1.82, 2.24) is 9.88 Å². The Morgan fingerprint density at radius 2 is 1.85 bits per heavy atom. The zero-order chi connectivity index (χ0) is 14.4. The van der Waals surface area contributed by atoms with Gasteiger partial charge in [0, 0.05) is 26.0 Å². The van der Waals surface area contributed by atoms with Gasteiger partial charge in [0.1, 0.15) is 0 Å². The van der Waals surface area contributed by atoms with Gasteiger partial charge >= 0.3 is 0 Å². The molecule has 0 aliphatic heterocycles. The van der Waals surface area contributed by atoms with Crippen LogP contribution in [0.25, 0.3) is 0 Å². The molecule has 1 heterocycles. The molecule has 1 aromatic carbocycles. The van der Waals surface area contributed by atoms with E-state index in [1.165, 1.54) is 11.1 Å². The van der Waals surface area contributed by atoms with Gasteiger partial charge in [-0.15, -0.1) is 0 Å². The van der Waals surface area contributed by atoms with E-state index in [9.17, 15) is 4.79 Å². The lowest BCUT2D eigenvalue weighted by Crippen LogP contribution is -2.30. The minimum atomic E-state index is 0.161. The number of carbonyl (C=O) groups is 1. The SMILES string of the molecule is Cc1ccccc1CC(=O)N(C)CCc1ccncc1. The molecular weight excluding hydrogens is 248 g/mol. The van der Waals surface area contributed by atoms with Crippen molar-refractivity contribution in [2.45, 2.75) is 19.8 Å². The second-order valence-corrected chi connectivity index (χ2v) is 5.02. The van der Waals surface area contributed by atoms with Crippen LogP contribution in [0.4, 0.5) is 0 Å². The number of rotatable bonds is 5. The van der Waals surface area contributed by atoms with E-state index in [1.54, 1.807) is 17.3 Å². The molecule has 0 aliphatic rings. The molecule has 3 heteroatoms. The third kappa shape index (κ3) is 3.92. The zero-order valence-corrected chi connectivity index (χ0v) is 12.0. The van der Waals surface area contributed by atoms with Crippen molar-refractivity contribution in [2.75, 3.05) is 13.6 Å². The number of carbonyl (C=O) groups excluding carboxylic acids is 1. The third-order valence-electron chi connectivity index (χ3n) is 3.51. The Labute approximate surface area is 120 Å². The van der Waals surface area contributed by atoms with E-state index < -0.39 is 0 Å². The molecule has 0 bridgehead atoms. The monoisotopic (exact) mass is 268 g/mol. The molecule has 0 radical (unpaired) electrons. The Kier molecular flexibility index (Phi) is 4.88. The second-order valence-electron chi connectivity index (χ2n) is 5.02. The Hall–Kier alpha value is -2.16. The molecule has 0 unspecified atom stereocenters. The van der Waals surface area contributed by atoms with Crippen LogP contribution in [-0.4, -0.2) is 29.4 Å². The van der Waals surface area contributed by atoms with Crippen LogP contribution < -0.4 is 0 Å². The standard InChI is InChI=1S/C17H20N2O/c1-14-5-3-4-6-16(14)13-17(20)19(2)12-9-15-7-10-18-11-8-15/h3-8,10-11H,9,12-13H2,1-2H3. The fourth-order valence-corrected chi connectivity index (χ4v) is 2.08. The summed E-state index contributed by atoms with van der Waals surface area (Å²) in [5, 5.41) is 0. The highest BCUT2D eigenvalue weighted by Gasteiger charge is 2.10. The highest BCUT2D eigenvalue weighted by molar-refractivity contribution is 5.78. The van der Waals surface area contributed by atoms with E-state index in [0.29, 0.717) is 6.42 Å². The van der Waals surface area contributed by atoms with Gasteiger partial charge in [-0.05, 0) is 42.2 Å². The van der Waals surface area contributed by atoms with Crippen LogP contribution in [0.2, 0.25) is 0 Å². The maximum atomic E-state index is 12.2. The lowest BCUT2D eigenvalue weighted by molar-refractivity contribution is -0.129. The van der Waals surface area contributed by atoms with E-state index >= 15 is 0 Å². The Bertz CT molecular complexity index is 566. The maximum Gasteiger partial charge on any atom is 0.226 e. The van der Waals surface area contributed by atoms with Gasteiger partial charge in [-0.25, -0.2) is 0 Å². The number of nitrogens with zero attached hydrogens (tertiary/aromatic N) is 2. The molecule has 0 atom stereocenters. The van der Waals surface area contributed by atoms with Crippen LogP contribution in [0.3, 0.4) is 0 Å². The third-order valence-corrected chi connectivity index (χ3v) is 3.51. The Morgan fingerprint density at radius 1 is 1.15 bits per heavy atom. The van der Waals surface area contributed by atoms with Crippen molar-refractivity contribution in [3.05, 3.63) is 65.5 Å².